The molecule has 0 saturated heterocycles. The predicted molar refractivity (Wildman–Crippen MR) is 47.9 cm³/mol. The molecule has 14 heavy (non-hydrogen) atoms. The molecular formula is C6H8N8. The van der Waals surface area contributed by atoms with Gasteiger partial charge in [0.15, 0.2) is 5.82 Å². The van der Waals surface area contributed by atoms with E-state index in [1.807, 2.05) is 0 Å². The zero-order chi connectivity index (χ0) is 9.80. The van der Waals surface area contributed by atoms with Crippen molar-refractivity contribution in [1.29, 1.82) is 0 Å². The molecule has 0 bridgehead atoms. The van der Waals surface area contributed by atoms with Gasteiger partial charge in [-0.3, -0.25) is 0 Å². The van der Waals surface area contributed by atoms with Crippen molar-refractivity contribution >= 4 is 11.8 Å². The van der Waals surface area contributed by atoms with Crippen LogP contribution < -0.4 is 11.1 Å². The molecule has 2 aromatic heterocycles. The zero-order valence-corrected chi connectivity index (χ0v) is 7.18. The number of hydrogen-bond acceptors (Lipinski definition) is 7. The monoisotopic (exact) mass is 192 g/mol. The molecular weight excluding hydrogens is 184 g/mol. The van der Waals surface area contributed by atoms with Crippen LogP contribution in [0.25, 0.3) is 0 Å². The van der Waals surface area contributed by atoms with Crippen LogP contribution in [0.3, 0.4) is 0 Å². The molecule has 0 atom stereocenters. The lowest BCUT2D eigenvalue weighted by Gasteiger charge is -2.01. The Morgan fingerprint density at radius 1 is 1.50 bits per heavy atom. The highest BCUT2D eigenvalue weighted by molar-refractivity contribution is 5.37. The Morgan fingerprint density at radius 3 is 3.14 bits per heavy atom. The fourth-order valence-electron chi connectivity index (χ4n) is 0.899. The number of anilines is 2. The first-order valence-corrected chi connectivity index (χ1v) is 3.89. The van der Waals surface area contributed by atoms with Crippen molar-refractivity contribution in [3.8, 4) is 0 Å². The molecule has 0 unspecified atom stereocenters. The second-order valence-electron chi connectivity index (χ2n) is 2.48. The molecule has 0 fully saturated rings. The maximum Gasteiger partial charge on any atom is 0.221 e. The van der Waals surface area contributed by atoms with E-state index in [0.29, 0.717) is 18.2 Å². The van der Waals surface area contributed by atoms with Gasteiger partial charge < -0.3 is 11.1 Å². The molecule has 0 aliphatic carbocycles. The van der Waals surface area contributed by atoms with Gasteiger partial charge >= 0.3 is 0 Å². The third-order valence-corrected chi connectivity index (χ3v) is 1.49. The van der Waals surface area contributed by atoms with E-state index in [4.69, 9.17) is 5.73 Å². The number of H-pyrrole nitrogens is 1. The van der Waals surface area contributed by atoms with Crippen LogP contribution in [-0.4, -0.2) is 30.6 Å². The molecule has 0 amide bonds. The van der Waals surface area contributed by atoms with Crippen molar-refractivity contribution in [2.75, 3.05) is 11.1 Å². The summed E-state index contributed by atoms with van der Waals surface area (Å²) >= 11 is 0. The number of nitrogens with one attached hydrogen (secondary N) is 2. The van der Waals surface area contributed by atoms with E-state index in [1.165, 1.54) is 0 Å². The Kier molecular flexibility index (Phi) is 2.17. The third-order valence-electron chi connectivity index (χ3n) is 1.49. The third kappa shape index (κ3) is 1.91. The highest BCUT2D eigenvalue weighted by atomic mass is 15.5. The molecule has 0 aliphatic rings. The maximum atomic E-state index is 5.40. The minimum absolute atomic E-state index is 0.225. The second kappa shape index (κ2) is 3.64. The van der Waals surface area contributed by atoms with Crippen molar-refractivity contribution in [2.24, 2.45) is 0 Å². The molecule has 8 heteroatoms. The summed E-state index contributed by atoms with van der Waals surface area (Å²) in [5.74, 6) is 1.41. The van der Waals surface area contributed by atoms with Crippen LogP contribution in [-0.2, 0) is 6.54 Å². The normalized spacial score (nSPS) is 10.0. The molecule has 0 aliphatic heterocycles. The van der Waals surface area contributed by atoms with E-state index < -0.39 is 0 Å². The number of nitrogens with zero attached hydrogens (tertiary/aromatic N) is 5. The van der Waals surface area contributed by atoms with Gasteiger partial charge in [-0.15, -0.1) is 10.2 Å². The van der Waals surface area contributed by atoms with Gasteiger partial charge in [-0.2, -0.15) is 10.2 Å². The predicted octanol–water partition coefficient (Wildman–Crippen LogP) is -0.816. The van der Waals surface area contributed by atoms with Crippen molar-refractivity contribution in [3.63, 3.8) is 0 Å². The van der Waals surface area contributed by atoms with Crippen LogP contribution in [0.4, 0.5) is 11.8 Å². The molecule has 0 aromatic carbocycles. The van der Waals surface area contributed by atoms with E-state index in [1.54, 1.807) is 12.3 Å². The van der Waals surface area contributed by atoms with Gasteiger partial charge in [0.05, 0.1) is 6.54 Å². The Labute approximate surface area is 79.0 Å². The molecule has 2 aromatic rings. The number of nitrogens with two attached hydrogens (primary N) is 1. The summed E-state index contributed by atoms with van der Waals surface area (Å²) in [4.78, 5) is 7.70. The van der Waals surface area contributed by atoms with Crippen molar-refractivity contribution < 1.29 is 0 Å². The highest BCUT2D eigenvalue weighted by Crippen LogP contribution is 2.03. The largest absolute Gasteiger partial charge is 0.368 e. The van der Waals surface area contributed by atoms with Crippen molar-refractivity contribution in [1.82, 2.24) is 30.6 Å². The van der Waals surface area contributed by atoms with E-state index in [0.717, 1.165) is 0 Å². The average molecular weight is 192 g/mol. The Morgan fingerprint density at radius 2 is 2.43 bits per heavy atom. The smallest absolute Gasteiger partial charge is 0.221 e. The lowest BCUT2D eigenvalue weighted by molar-refractivity contribution is 0.881. The topological polar surface area (TPSA) is 118 Å². The first-order valence-electron chi connectivity index (χ1n) is 3.89. The standard InChI is InChI=1S/C6H8N8/c7-6-8-2-1-4(10-6)9-3-5-11-13-14-12-5/h1-2H,3H2,(H3,7,8,9,10)(H,11,12,13,14). The fourth-order valence-corrected chi connectivity index (χ4v) is 0.899. The van der Waals surface area contributed by atoms with Gasteiger partial charge in [0.1, 0.15) is 5.82 Å². The molecule has 2 rings (SSSR count). The van der Waals surface area contributed by atoms with E-state index in [-0.39, 0.29) is 5.95 Å². The summed E-state index contributed by atoms with van der Waals surface area (Å²) in [5, 5.41) is 16.3. The summed E-state index contributed by atoms with van der Waals surface area (Å²) in [5.41, 5.74) is 5.40. The van der Waals surface area contributed by atoms with Gasteiger partial charge in [-0.1, -0.05) is 5.21 Å². The number of tetrazole rings is 1. The number of aromatic amines is 1. The van der Waals surface area contributed by atoms with Crippen LogP contribution in [0.5, 0.6) is 0 Å². The van der Waals surface area contributed by atoms with Crippen molar-refractivity contribution in [3.05, 3.63) is 18.1 Å². The zero-order valence-electron chi connectivity index (χ0n) is 7.18. The Hall–Kier alpha value is -2.25. The summed E-state index contributed by atoms with van der Waals surface area (Å²) < 4.78 is 0. The second-order valence-corrected chi connectivity index (χ2v) is 2.48. The fraction of sp³-hybridized carbons (Fsp3) is 0.167. The summed E-state index contributed by atoms with van der Waals surface area (Å²) in [7, 11) is 0. The van der Waals surface area contributed by atoms with Gasteiger partial charge in [0, 0.05) is 6.20 Å². The van der Waals surface area contributed by atoms with E-state index >= 15 is 0 Å². The molecule has 8 nitrogen and oxygen atoms in total. The first kappa shape index (κ1) is 8.35. The quantitative estimate of drug-likeness (QED) is 0.581. The van der Waals surface area contributed by atoms with Crippen LogP contribution in [0.15, 0.2) is 12.3 Å². The van der Waals surface area contributed by atoms with Gasteiger partial charge in [-0.25, -0.2) is 4.98 Å². The number of rotatable bonds is 3. The summed E-state index contributed by atoms with van der Waals surface area (Å²) in [6, 6.07) is 1.70. The van der Waals surface area contributed by atoms with Crippen LogP contribution >= 0.6 is 0 Å². The summed E-state index contributed by atoms with van der Waals surface area (Å²) in [6.07, 6.45) is 1.57. The number of aromatic nitrogens is 6. The molecule has 72 valence electrons. The van der Waals surface area contributed by atoms with Crippen molar-refractivity contribution in [2.45, 2.75) is 6.54 Å². The lowest BCUT2D eigenvalue weighted by atomic mass is 10.5. The Balaban J connectivity index is 1.98. The average Bonchev–Trinajstić information content (AvgIpc) is 2.67. The molecule has 4 N–H and O–H groups in total. The lowest BCUT2D eigenvalue weighted by Crippen LogP contribution is -2.05. The maximum absolute atomic E-state index is 5.40. The Bertz CT molecular complexity index is 396. The first-order chi connectivity index (χ1) is 6.84. The van der Waals surface area contributed by atoms with Gasteiger partial charge in [-0.05, 0) is 6.07 Å². The minimum atomic E-state index is 0.225. The SMILES string of the molecule is Nc1nccc(NCc2nn[nH]n2)n1. The van der Waals surface area contributed by atoms with Gasteiger partial charge in [0.2, 0.25) is 5.95 Å². The van der Waals surface area contributed by atoms with Crippen LogP contribution in [0.1, 0.15) is 5.82 Å². The van der Waals surface area contributed by atoms with Crippen LogP contribution in [0.2, 0.25) is 0 Å². The number of nitrogen functional groups attached to an aromatic ring is 1. The molecule has 2 heterocycles. The van der Waals surface area contributed by atoms with E-state index in [9.17, 15) is 0 Å². The summed E-state index contributed by atoms with van der Waals surface area (Å²) in [6.45, 7) is 0.437. The van der Waals surface area contributed by atoms with Crippen LogP contribution in [0, 0.1) is 0 Å². The molecule has 0 radical (unpaired) electrons. The molecule has 0 saturated carbocycles. The van der Waals surface area contributed by atoms with Gasteiger partial charge in [0.25, 0.3) is 0 Å². The minimum Gasteiger partial charge on any atom is -0.368 e. The van der Waals surface area contributed by atoms with E-state index in [2.05, 4.69) is 35.9 Å². The highest BCUT2D eigenvalue weighted by Gasteiger charge is 1.98. The molecule has 0 spiro atoms. The number of hydrogen-bond donors (Lipinski definition) is 3.